The maximum absolute atomic E-state index is 12.2. The van der Waals surface area contributed by atoms with Gasteiger partial charge in [-0.2, -0.15) is 0 Å². The minimum Gasteiger partial charge on any atom is -0.426 e. The Morgan fingerprint density at radius 3 is 2.68 bits per heavy atom. The maximum atomic E-state index is 12.2. The number of non-ortho nitro benzene ring substituents is 1. The van der Waals surface area contributed by atoms with Crippen LogP contribution in [0.3, 0.4) is 0 Å². The molecule has 0 fully saturated rings. The standard InChI is InChI=1S/C19H20N2O7/c1-19(17(22)26-13-20-2)11-4-3-5-15(10-12-19)27-18(23)28-16-8-6-14(7-9-16)21(24)25/h3,5-9,15H,4,10-13H2,1H3/b5-3+/t15-,19+/m0/s1. The van der Waals surface area contributed by atoms with E-state index in [0.29, 0.717) is 25.7 Å². The van der Waals surface area contributed by atoms with E-state index in [1.807, 2.05) is 6.08 Å². The lowest BCUT2D eigenvalue weighted by Gasteiger charge is -2.28. The Labute approximate surface area is 161 Å². The van der Waals surface area contributed by atoms with Gasteiger partial charge in [0.05, 0.1) is 10.3 Å². The summed E-state index contributed by atoms with van der Waals surface area (Å²) >= 11 is 0. The molecule has 0 amide bonds. The van der Waals surface area contributed by atoms with E-state index in [2.05, 4.69) is 4.85 Å². The second kappa shape index (κ2) is 9.50. The van der Waals surface area contributed by atoms with Crippen LogP contribution >= 0.6 is 0 Å². The topological polar surface area (TPSA) is 109 Å². The molecule has 28 heavy (non-hydrogen) atoms. The molecule has 148 valence electrons. The van der Waals surface area contributed by atoms with Crippen LogP contribution in [0.4, 0.5) is 10.5 Å². The highest BCUT2D eigenvalue weighted by Crippen LogP contribution is 2.34. The summed E-state index contributed by atoms with van der Waals surface area (Å²) in [6, 6.07) is 5.05. The summed E-state index contributed by atoms with van der Waals surface area (Å²) in [5, 5.41) is 10.6. The number of rotatable bonds is 5. The first-order chi connectivity index (χ1) is 13.3. The predicted molar refractivity (Wildman–Crippen MR) is 97.3 cm³/mol. The second-order valence-corrected chi connectivity index (χ2v) is 6.54. The highest BCUT2D eigenvalue weighted by Gasteiger charge is 2.36. The summed E-state index contributed by atoms with van der Waals surface area (Å²) < 4.78 is 15.3. The van der Waals surface area contributed by atoms with Crippen LogP contribution in [0.15, 0.2) is 36.4 Å². The van der Waals surface area contributed by atoms with Crippen molar-refractivity contribution in [2.45, 2.75) is 38.7 Å². The van der Waals surface area contributed by atoms with Crippen LogP contribution in [0.1, 0.15) is 32.6 Å². The number of carbonyl (C=O) groups is 2. The average Bonchev–Trinajstić information content (AvgIpc) is 2.66. The first-order valence-corrected chi connectivity index (χ1v) is 8.64. The Hall–Kier alpha value is -3.41. The quantitative estimate of drug-likeness (QED) is 0.187. The van der Waals surface area contributed by atoms with E-state index < -0.39 is 28.6 Å². The van der Waals surface area contributed by atoms with Gasteiger partial charge in [-0.15, -0.1) is 0 Å². The first-order valence-electron chi connectivity index (χ1n) is 8.64. The van der Waals surface area contributed by atoms with Gasteiger partial charge in [0.15, 0.2) is 0 Å². The Balaban J connectivity index is 1.93. The van der Waals surface area contributed by atoms with E-state index in [-0.39, 0.29) is 18.2 Å². The molecule has 0 bridgehead atoms. The van der Waals surface area contributed by atoms with E-state index in [0.717, 1.165) is 0 Å². The molecule has 0 aliphatic heterocycles. The molecule has 0 unspecified atom stereocenters. The molecule has 0 radical (unpaired) electrons. The SMILES string of the molecule is [C-]#[N+]COC(=O)[C@]1(C)CC/C=C/[C@H](OC(=O)Oc2ccc([N+](=O)[O-])cc2)CC1. The number of benzene rings is 1. The Bertz CT molecular complexity index is 797. The zero-order valence-corrected chi connectivity index (χ0v) is 15.3. The van der Waals surface area contributed by atoms with Gasteiger partial charge < -0.3 is 14.2 Å². The minimum atomic E-state index is -0.943. The molecule has 2 atom stereocenters. The Kier molecular flexibility index (Phi) is 7.09. The summed E-state index contributed by atoms with van der Waals surface area (Å²) in [4.78, 5) is 37.3. The van der Waals surface area contributed by atoms with Crippen molar-refractivity contribution in [2.75, 3.05) is 6.73 Å². The van der Waals surface area contributed by atoms with Crippen LogP contribution in [0.2, 0.25) is 0 Å². The lowest BCUT2D eigenvalue weighted by Crippen LogP contribution is -2.32. The van der Waals surface area contributed by atoms with Gasteiger partial charge in [0.2, 0.25) is 0 Å². The number of ether oxygens (including phenoxy) is 3. The van der Waals surface area contributed by atoms with E-state index in [9.17, 15) is 19.7 Å². The van der Waals surface area contributed by atoms with Crippen molar-refractivity contribution in [1.29, 1.82) is 0 Å². The molecular formula is C19H20N2O7. The van der Waals surface area contributed by atoms with Crippen LogP contribution in [0, 0.1) is 22.1 Å². The molecule has 9 nitrogen and oxygen atoms in total. The van der Waals surface area contributed by atoms with E-state index in [1.165, 1.54) is 24.3 Å². The van der Waals surface area contributed by atoms with Crippen LogP contribution in [-0.4, -0.2) is 29.9 Å². The van der Waals surface area contributed by atoms with E-state index in [4.69, 9.17) is 20.8 Å². The number of allylic oxidation sites excluding steroid dienone is 1. The summed E-state index contributed by atoms with van der Waals surface area (Å²) in [5.41, 5.74) is -0.882. The van der Waals surface area contributed by atoms with Crippen molar-refractivity contribution < 1.29 is 28.7 Å². The average molecular weight is 388 g/mol. The summed E-state index contributed by atoms with van der Waals surface area (Å²) in [6.45, 7) is 8.17. The highest BCUT2D eigenvalue weighted by atomic mass is 16.7. The zero-order valence-electron chi connectivity index (χ0n) is 15.3. The van der Waals surface area contributed by atoms with Gasteiger partial charge in [0.25, 0.3) is 5.69 Å². The monoisotopic (exact) mass is 388 g/mol. The fourth-order valence-electron chi connectivity index (χ4n) is 2.78. The minimum absolute atomic E-state index is 0.118. The van der Waals surface area contributed by atoms with Gasteiger partial charge in [-0.05, 0) is 50.8 Å². The normalized spacial score (nSPS) is 22.6. The number of carbonyl (C=O) groups excluding carboxylic acids is 2. The molecule has 1 aromatic carbocycles. The third-order valence-electron chi connectivity index (χ3n) is 4.44. The van der Waals surface area contributed by atoms with Gasteiger partial charge in [-0.25, -0.2) is 11.4 Å². The highest BCUT2D eigenvalue weighted by molar-refractivity contribution is 5.76. The van der Waals surface area contributed by atoms with E-state index >= 15 is 0 Å². The van der Waals surface area contributed by atoms with Gasteiger partial charge in [-0.1, -0.05) is 6.08 Å². The summed E-state index contributed by atoms with van der Waals surface area (Å²) in [5.74, 6) is -0.316. The van der Waals surface area contributed by atoms with Crippen LogP contribution in [-0.2, 0) is 14.3 Å². The fraction of sp³-hybridized carbons (Fsp3) is 0.421. The van der Waals surface area contributed by atoms with Crippen LogP contribution in [0.25, 0.3) is 4.85 Å². The van der Waals surface area contributed by atoms with Crippen LogP contribution in [0.5, 0.6) is 5.75 Å². The molecule has 1 aromatic rings. The summed E-state index contributed by atoms with van der Waals surface area (Å²) in [7, 11) is 0. The molecule has 0 aromatic heterocycles. The van der Waals surface area contributed by atoms with Gasteiger partial charge in [0, 0.05) is 12.1 Å². The van der Waals surface area contributed by atoms with Crippen molar-refractivity contribution >= 4 is 17.8 Å². The maximum Gasteiger partial charge on any atom is 0.514 e. The number of esters is 1. The lowest BCUT2D eigenvalue weighted by molar-refractivity contribution is -0.384. The van der Waals surface area contributed by atoms with Gasteiger partial charge >= 0.3 is 18.9 Å². The number of nitro groups is 1. The number of hydrogen-bond donors (Lipinski definition) is 0. The van der Waals surface area contributed by atoms with E-state index in [1.54, 1.807) is 13.0 Å². The third kappa shape index (κ3) is 5.81. The van der Waals surface area contributed by atoms with Crippen LogP contribution < -0.4 is 4.74 Å². The van der Waals surface area contributed by atoms with Crippen molar-refractivity contribution in [3.63, 3.8) is 0 Å². The zero-order chi connectivity index (χ0) is 20.6. The molecule has 0 saturated carbocycles. The van der Waals surface area contributed by atoms with Gasteiger partial charge in [-0.3, -0.25) is 19.8 Å². The molecule has 2 rings (SSSR count). The van der Waals surface area contributed by atoms with Crippen molar-refractivity contribution in [1.82, 2.24) is 0 Å². The number of nitrogens with zero attached hydrogens (tertiary/aromatic N) is 2. The number of nitro benzene ring substituents is 1. The fourth-order valence-corrected chi connectivity index (χ4v) is 2.78. The third-order valence-corrected chi connectivity index (χ3v) is 4.44. The second-order valence-electron chi connectivity index (χ2n) is 6.54. The summed E-state index contributed by atoms with van der Waals surface area (Å²) in [6.07, 6.45) is 4.00. The van der Waals surface area contributed by atoms with Crippen molar-refractivity contribution in [3.8, 4) is 5.75 Å². The molecule has 1 aliphatic carbocycles. The number of hydrogen-bond acceptors (Lipinski definition) is 7. The molecule has 0 heterocycles. The largest absolute Gasteiger partial charge is 0.514 e. The molecule has 0 saturated heterocycles. The van der Waals surface area contributed by atoms with Gasteiger partial charge in [0.1, 0.15) is 11.9 Å². The van der Waals surface area contributed by atoms with Crippen molar-refractivity contribution in [2.24, 2.45) is 5.41 Å². The smallest absolute Gasteiger partial charge is 0.426 e. The molecule has 0 spiro atoms. The predicted octanol–water partition coefficient (Wildman–Crippen LogP) is 4.04. The molecule has 9 heteroatoms. The Morgan fingerprint density at radius 1 is 1.32 bits per heavy atom. The Morgan fingerprint density at radius 2 is 2.04 bits per heavy atom. The lowest BCUT2D eigenvalue weighted by atomic mass is 9.79. The van der Waals surface area contributed by atoms with Crippen molar-refractivity contribution in [3.05, 3.63) is 57.9 Å². The molecule has 0 N–H and O–H groups in total. The first kappa shape index (κ1) is 20.9. The molecule has 1 aliphatic rings. The molecular weight excluding hydrogens is 368 g/mol.